The van der Waals surface area contributed by atoms with Gasteiger partial charge >= 0.3 is 0 Å². The molecule has 6 heteroatoms. The van der Waals surface area contributed by atoms with Gasteiger partial charge in [0.05, 0.1) is 22.0 Å². The zero-order valence-electron chi connectivity index (χ0n) is 11.6. The van der Waals surface area contributed by atoms with Crippen LogP contribution >= 0.6 is 0 Å². The fourth-order valence-corrected chi connectivity index (χ4v) is 1.75. The first-order valence-electron chi connectivity index (χ1n) is 7.00. The van der Waals surface area contributed by atoms with Crippen LogP contribution in [0.2, 0.25) is 6.32 Å². The molecule has 17 heavy (non-hydrogen) atoms. The Kier molecular flexibility index (Phi) is 10.1. The zero-order chi connectivity index (χ0) is 13.1. The minimum Gasteiger partial charge on any atom is -0.283 e. The van der Waals surface area contributed by atoms with E-state index >= 15 is 0 Å². The highest BCUT2D eigenvalue weighted by molar-refractivity contribution is 7.23. The molecule has 1 aliphatic heterocycles. The second kappa shape index (κ2) is 10.5. The summed E-state index contributed by atoms with van der Waals surface area (Å²) in [4.78, 5) is 23.6. The first-order valence-corrected chi connectivity index (χ1v) is 7.00. The molecule has 1 aliphatic rings. The van der Waals surface area contributed by atoms with Crippen molar-refractivity contribution >= 4 is 33.8 Å². The van der Waals surface area contributed by atoms with Gasteiger partial charge in [-0.15, -0.1) is 0 Å². The SMILES string of the molecule is BBBCCN1C(=O)CCC1=O.CCCCC. The molecule has 0 aromatic carbocycles. The molecular weight excluding hydrogens is 211 g/mol. The van der Waals surface area contributed by atoms with Crippen molar-refractivity contribution in [1.82, 2.24) is 4.90 Å². The van der Waals surface area contributed by atoms with Crippen LogP contribution in [0.15, 0.2) is 0 Å². The Balaban J connectivity index is 0.000000437. The van der Waals surface area contributed by atoms with Crippen LogP contribution in [0.5, 0.6) is 0 Å². The van der Waals surface area contributed by atoms with Crippen molar-refractivity contribution in [2.75, 3.05) is 6.54 Å². The Labute approximate surface area is 108 Å². The minimum absolute atomic E-state index is 0.0103. The maximum atomic E-state index is 11.1. The second-order valence-electron chi connectivity index (χ2n) is 4.50. The number of unbranched alkanes of at least 4 members (excludes halogenated alkanes) is 2. The molecule has 94 valence electrons. The fourth-order valence-electron chi connectivity index (χ4n) is 1.75. The Morgan fingerprint density at radius 1 is 1.18 bits per heavy atom. The van der Waals surface area contributed by atoms with Crippen LogP contribution in [0.4, 0.5) is 0 Å². The number of nitrogens with zero attached hydrogens (tertiary/aromatic N) is 1. The third-order valence-corrected chi connectivity index (χ3v) is 2.85. The molecular formula is C11H24B3NO2. The summed E-state index contributed by atoms with van der Waals surface area (Å²) in [5, 5.41) is 0. The third-order valence-electron chi connectivity index (χ3n) is 2.85. The van der Waals surface area contributed by atoms with Gasteiger partial charge in [0.2, 0.25) is 11.8 Å². The Hall–Kier alpha value is -0.665. The molecule has 0 aromatic heterocycles. The Bertz CT molecular complexity index is 219. The van der Waals surface area contributed by atoms with E-state index in [4.69, 9.17) is 0 Å². The normalized spacial score (nSPS) is 14.4. The van der Waals surface area contributed by atoms with Crippen LogP contribution < -0.4 is 0 Å². The quantitative estimate of drug-likeness (QED) is 0.371. The maximum absolute atomic E-state index is 11.1. The smallest absolute Gasteiger partial charge is 0.229 e. The summed E-state index contributed by atoms with van der Waals surface area (Å²) in [6, 6.07) is 0. The van der Waals surface area contributed by atoms with Gasteiger partial charge in [-0.25, -0.2) is 0 Å². The molecule has 3 nitrogen and oxygen atoms in total. The van der Waals surface area contributed by atoms with Gasteiger partial charge in [0.1, 0.15) is 0 Å². The molecule has 0 atom stereocenters. The molecule has 0 unspecified atom stereocenters. The average Bonchev–Trinajstić information content (AvgIpc) is 2.63. The molecule has 1 fully saturated rings. The fraction of sp³-hybridized carbons (Fsp3) is 0.818. The van der Waals surface area contributed by atoms with Crippen LogP contribution in [0, 0.1) is 0 Å². The first-order chi connectivity index (χ1) is 8.17. The monoisotopic (exact) mass is 235 g/mol. The van der Waals surface area contributed by atoms with E-state index in [1.54, 1.807) is 0 Å². The van der Waals surface area contributed by atoms with E-state index in [1.807, 2.05) is 0 Å². The lowest BCUT2D eigenvalue weighted by atomic mass is 9.27. The highest BCUT2D eigenvalue weighted by Gasteiger charge is 2.27. The van der Waals surface area contributed by atoms with Crippen LogP contribution in [0.3, 0.4) is 0 Å². The van der Waals surface area contributed by atoms with E-state index in [-0.39, 0.29) is 11.8 Å². The van der Waals surface area contributed by atoms with Gasteiger partial charge in [0.25, 0.3) is 0 Å². The van der Waals surface area contributed by atoms with Gasteiger partial charge < -0.3 is 0 Å². The molecule has 0 saturated carbocycles. The number of likely N-dealkylation sites (tertiary alicyclic amines) is 1. The third kappa shape index (κ3) is 7.29. The maximum Gasteiger partial charge on any atom is 0.229 e. The van der Waals surface area contributed by atoms with Crippen molar-refractivity contribution in [3.8, 4) is 0 Å². The minimum atomic E-state index is 0.0103. The van der Waals surface area contributed by atoms with E-state index in [1.165, 1.54) is 24.2 Å². The topological polar surface area (TPSA) is 37.4 Å². The standard InChI is InChI=1S/C6H12B3NO2.C5H12/c7-9-8-3-4-10-5(11)1-2-6(10)12;1-3-5-4-2/h8-9H,1-4,7H2;3-5H2,1-2H3. The predicted octanol–water partition coefficient (Wildman–Crippen LogP) is 0.0863. The molecule has 0 aliphatic carbocycles. The van der Waals surface area contributed by atoms with Crippen LogP contribution in [-0.4, -0.2) is 45.2 Å². The zero-order valence-corrected chi connectivity index (χ0v) is 11.6. The molecule has 1 heterocycles. The van der Waals surface area contributed by atoms with Gasteiger partial charge in [-0.2, -0.15) is 0 Å². The largest absolute Gasteiger partial charge is 0.283 e. The van der Waals surface area contributed by atoms with Crippen molar-refractivity contribution in [2.45, 2.75) is 52.3 Å². The van der Waals surface area contributed by atoms with E-state index in [9.17, 15) is 9.59 Å². The summed E-state index contributed by atoms with van der Waals surface area (Å²) in [6.07, 6.45) is 5.87. The highest BCUT2D eigenvalue weighted by Crippen LogP contribution is 2.11. The number of hydrogen-bond donors (Lipinski definition) is 0. The summed E-state index contributed by atoms with van der Waals surface area (Å²) in [6.45, 7) is 5.05. The van der Waals surface area contributed by atoms with Crippen molar-refractivity contribution in [1.29, 1.82) is 0 Å². The molecule has 0 aromatic rings. The summed E-state index contributed by atoms with van der Waals surface area (Å²) in [5.74, 6) is 0.0206. The second-order valence-corrected chi connectivity index (χ2v) is 4.50. The van der Waals surface area contributed by atoms with Gasteiger partial charge in [-0.1, -0.05) is 39.4 Å². The number of carbonyl (C=O) groups is 2. The summed E-state index contributed by atoms with van der Waals surface area (Å²) >= 11 is 0. The molecule has 0 spiro atoms. The lowest BCUT2D eigenvalue weighted by Crippen LogP contribution is -2.31. The first kappa shape index (κ1) is 16.3. The van der Waals surface area contributed by atoms with Crippen molar-refractivity contribution in [3.05, 3.63) is 0 Å². The molecule has 1 saturated heterocycles. The summed E-state index contributed by atoms with van der Waals surface area (Å²) in [7, 11) is 4.32. The van der Waals surface area contributed by atoms with Crippen LogP contribution in [-0.2, 0) is 9.59 Å². The average molecular weight is 235 g/mol. The van der Waals surface area contributed by atoms with Crippen molar-refractivity contribution < 1.29 is 9.59 Å². The van der Waals surface area contributed by atoms with Crippen molar-refractivity contribution in [3.63, 3.8) is 0 Å². The van der Waals surface area contributed by atoms with Gasteiger partial charge in [-0.3, -0.25) is 14.5 Å². The number of imide groups is 1. The van der Waals surface area contributed by atoms with Crippen LogP contribution in [0.1, 0.15) is 46.0 Å². The summed E-state index contributed by atoms with van der Waals surface area (Å²) < 4.78 is 0. The summed E-state index contributed by atoms with van der Waals surface area (Å²) in [5.41, 5.74) is 0. The Morgan fingerprint density at radius 2 is 1.71 bits per heavy atom. The lowest BCUT2D eigenvalue weighted by molar-refractivity contribution is -0.138. The molecule has 0 N–H and O–H groups in total. The number of amides is 2. The number of rotatable bonds is 6. The van der Waals surface area contributed by atoms with E-state index in [2.05, 4.69) is 21.6 Å². The van der Waals surface area contributed by atoms with E-state index in [0.29, 0.717) is 19.4 Å². The number of carbonyl (C=O) groups excluding carboxylic acids is 2. The molecule has 0 bridgehead atoms. The molecule has 0 radical (unpaired) electrons. The lowest BCUT2D eigenvalue weighted by Gasteiger charge is -2.12. The molecule has 2 amide bonds. The van der Waals surface area contributed by atoms with E-state index in [0.717, 1.165) is 20.6 Å². The highest BCUT2D eigenvalue weighted by atomic mass is 16.2. The van der Waals surface area contributed by atoms with Gasteiger partial charge in [-0.05, 0) is 0 Å². The number of hydrogen-bond acceptors (Lipinski definition) is 2. The van der Waals surface area contributed by atoms with Gasteiger partial charge in [0, 0.05) is 19.4 Å². The molecule has 1 rings (SSSR count). The van der Waals surface area contributed by atoms with Crippen molar-refractivity contribution in [2.24, 2.45) is 0 Å². The predicted molar refractivity (Wildman–Crippen MR) is 78.8 cm³/mol. The van der Waals surface area contributed by atoms with Gasteiger partial charge in [0.15, 0.2) is 0 Å². The van der Waals surface area contributed by atoms with Crippen LogP contribution in [0.25, 0.3) is 0 Å². The van der Waals surface area contributed by atoms with E-state index < -0.39 is 0 Å². The Morgan fingerprint density at radius 3 is 2.06 bits per heavy atom.